The van der Waals surface area contributed by atoms with Crippen molar-refractivity contribution in [2.24, 2.45) is 7.05 Å². The first kappa shape index (κ1) is 14.2. The molecule has 1 fully saturated rings. The molecule has 0 amide bonds. The van der Waals surface area contributed by atoms with Crippen LogP contribution in [-0.4, -0.2) is 21.3 Å². The van der Waals surface area contributed by atoms with Crippen molar-refractivity contribution in [3.8, 4) is 0 Å². The number of aromatic nitrogens is 3. The highest BCUT2D eigenvalue weighted by Gasteiger charge is 2.21. The van der Waals surface area contributed by atoms with Crippen molar-refractivity contribution >= 4 is 40.7 Å². The third-order valence-corrected chi connectivity index (χ3v) is 2.92. The van der Waals surface area contributed by atoms with E-state index >= 15 is 0 Å². The van der Waals surface area contributed by atoms with Gasteiger partial charge in [0.05, 0.1) is 6.04 Å². The number of rotatable bonds is 1. The molecular weight excluding hydrogens is 291 g/mol. The fourth-order valence-electron chi connectivity index (χ4n) is 1.53. The maximum Gasteiger partial charge on any atom is 0.199 e. The third kappa shape index (κ3) is 2.59. The van der Waals surface area contributed by atoms with E-state index in [4.69, 9.17) is 0 Å². The van der Waals surface area contributed by atoms with Crippen molar-refractivity contribution < 1.29 is 0 Å². The van der Waals surface area contributed by atoms with Crippen LogP contribution in [0.25, 0.3) is 0 Å². The average Bonchev–Trinajstić information content (AvgIpc) is 2.64. The second kappa shape index (κ2) is 5.90. The second-order valence-electron chi connectivity index (χ2n) is 3.04. The molecule has 1 N–H and O–H groups in total. The van der Waals surface area contributed by atoms with Gasteiger partial charge in [-0.3, -0.25) is 0 Å². The van der Waals surface area contributed by atoms with E-state index in [1.54, 1.807) is 0 Å². The molecule has 0 radical (unpaired) electrons. The fraction of sp³-hybridized carbons (Fsp3) is 0.714. The van der Waals surface area contributed by atoms with Gasteiger partial charge in [0.2, 0.25) is 0 Å². The van der Waals surface area contributed by atoms with E-state index in [0.29, 0.717) is 6.04 Å². The first-order chi connectivity index (χ1) is 5.79. The van der Waals surface area contributed by atoms with E-state index in [1.807, 2.05) is 11.6 Å². The minimum absolute atomic E-state index is 0. The Kier molecular flexibility index (Phi) is 5.97. The zero-order chi connectivity index (χ0) is 8.55. The smallest absolute Gasteiger partial charge is 0.199 e. The Hall–Kier alpha value is 0.160. The number of hydrogen-bond acceptors (Lipinski definition) is 3. The van der Waals surface area contributed by atoms with Gasteiger partial charge in [0.25, 0.3) is 0 Å². The molecule has 1 aromatic rings. The van der Waals surface area contributed by atoms with Crippen molar-refractivity contribution in [2.75, 3.05) is 6.54 Å². The first-order valence-corrected chi connectivity index (χ1v) is 4.86. The van der Waals surface area contributed by atoms with Crippen molar-refractivity contribution in [2.45, 2.75) is 18.9 Å². The van der Waals surface area contributed by atoms with Crippen LogP contribution in [0.5, 0.6) is 0 Å². The third-order valence-electron chi connectivity index (χ3n) is 2.23. The van der Waals surface area contributed by atoms with Gasteiger partial charge in [0, 0.05) is 7.05 Å². The maximum absolute atomic E-state index is 4.10. The molecule has 1 aromatic heterocycles. The monoisotopic (exact) mass is 302 g/mol. The molecule has 1 aliphatic heterocycles. The fourth-order valence-corrected chi connectivity index (χ4v) is 1.79. The Morgan fingerprint density at radius 2 is 2.14 bits per heavy atom. The van der Waals surface area contributed by atoms with Gasteiger partial charge in [-0.1, -0.05) is 0 Å². The summed E-state index contributed by atoms with van der Waals surface area (Å²) in [5.74, 6) is 1.03. The molecule has 82 valence electrons. The highest BCUT2D eigenvalue weighted by molar-refractivity contribution is 9.10. The van der Waals surface area contributed by atoms with Crippen LogP contribution in [0.2, 0.25) is 0 Å². The lowest BCUT2D eigenvalue weighted by atomic mass is 10.2. The molecule has 1 saturated heterocycles. The van der Waals surface area contributed by atoms with E-state index in [-0.39, 0.29) is 24.8 Å². The van der Waals surface area contributed by atoms with Crippen LogP contribution in [-0.2, 0) is 7.05 Å². The normalized spacial score (nSPS) is 20.0. The molecule has 0 spiro atoms. The maximum atomic E-state index is 4.10. The van der Waals surface area contributed by atoms with Gasteiger partial charge in [0.15, 0.2) is 10.6 Å². The number of hydrogen-bond donors (Lipinski definition) is 1. The zero-order valence-corrected chi connectivity index (χ0v) is 11.0. The summed E-state index contributed by atoms with van der Waals surface area (Å²) in [7, 11) is 1.97. The molecule has 0 saturated carbocycles. The van der Waals surface area contributed by atoms with E-state index in [2.05, 4.69) is 31.4 Å². The lowest BCUT2D eigenvalue weighted by Gasteiger charge is -2.08. The van der Waals surface area contributed by atoms with Crippen LogP contribution in [0.1, 0.15) is 24.7 Å². The van der Waals surface area contributed by atoms with E-state index < -0.39 is 0 Å². The quantitative estimate of drug-likeness (QED) is 0.861. The molecule has 4 nitrogen and oxygen atoms in total. The van der Waals surface area contributed by atoms with Crippen LogP contribution in [0.15, 0.2) is 4.73 Å². The summed E-state index contributed by atoms with van der Waals surface area (Å²) >= 11 is 3.32. The Morgan fingerprint density at radius 3 is 2.57 bits per heavy atom. The summed E-state index contributed by atoms with van der Waals surface area (Å²) in [6.45, 7) is 1.09. The number of halogens is 3. The highest BCUT2D eigenvalue weighted by atomic mass is 79.9. The summed E-state index contributed by atoms with van der Waals surface area (Å²) < 4.78 is 2.77. The van der Waals surface area contributed by atoms with Crippen molar-refractivity contribution in [3.05, 3.63) is 10.6 Å². The van der Waals surface area contributed by atoms with Crippen molar-refractivity contribution in [1.82, 2.24) is 20.1 Å². The summed E-state index contributed by atoms with van der Waals surface area (Å²) in [6, 6.07) is 0.397. The van der Waals surface area contributed by atoms with Crippen molar-refractivity contribution in [3.63, 3.8) is 0 Å². The molecule has 0 aromatic carbocycles. The summed E-state index contributed by atoms with van der Waals surface area (Å²) in [6.07, 6.45) is 2.40. The zero-order valence-electron chi connectivity index (χ0n) is 7.73. The van der Waals surface area contributed by atoms with E-state index in [9.17, 15) is 0 Å². The van der Waals surface area contributed by atoms with Gasteiger partial charge in [-0.25, -0.2) is 0 Å². The minimum atomic E-state index is 0. The van der Waals surface area contributed by atoms with Gasteiger partial charge >= 0.3 is 0 Å². The van der Waals surface area contributed by atoms with Gasteiger partial charge < -0.3 is 9.88 Å². The van der Waals surface area contributed by atoms with Crippen LogP contribution >= 0.6 is 40.7 Å². The standard InChI is InChI=1S/C7H11BrN4.2ClH/c1-12-6(10-11-7(12)8)5-3-2-4-9-5;;/h5,9H,2-4H2,1H3;2*1H/t5-;;/m1../s1. The van der Waals surface area contributed by atoms with E-state index in [1.165, 1.54) is 12.8 Å². The van der Waals surface area contributed by atoms with Crippen LogP contribution in [0.3, 0.4) is 0 Å². The summed E-state index contributed by atoms with van der Waals surface area (Å²) in [5.41, 5.74) is 0. The minimum Gasteiger partial charge on any atom is -0.307 e. The van der Waals surface area contributed by atoms with Gasteiger partial charge in [0.1, 0.15) is 0 Å². The first-order valence-electron chi connectivity index (χ1n) is 4.07. The van der Waals surface area contributed by atoms with Gasteiger partial charge in [-0.2, -0.15) is 0 Å². The molecular formula is C7H13BrCl2N4. The molecule has 1 atom stereocenters. The molecule has 1 aliphatic rings. The lowest BCUT2D eigenvalue weighted by molar-refractivity contribution is 0.576. The Labute approximate surface area is 104 Å². The molecule has 0 aliphatic carbocycles. The molecule has 0 bridgehead atoms. The largest absolute Gasteiger partial charge is 0.307 e. The number of nitrogens with one attached hydrogen (secondary N) is 1. The molecule has 7 heteroatoms. The van der Waals surface area contributed by atoms with Crippen LogP contribution < -0.4 is 5.32 Å². The topological polar surface area (TPSA) is 42.7 Å². The molecule has 2 rings (SSSR count). The second-order valence-corrected chi connectivity index (χ2v) is 3.74. The SMILES string of the molecule is Cl.Cl.Cn1c(Br)nnc1[C@H]1CCCN1. The Balaban J connectivity index is 0.000000845. The van der Waals surface area contributed by atoms with Crippen LogP contribution in [0.4, 0.5) is 0 Å². The highest BCUT2D eigenvalue weighted by Crippen LogP contribution is 2.22. The van der Waals surface area contributed by atoms with E-state index in [0.717, 1.165) is 17.1 Å². The van der Waals surface area contributed by atoms with Crippen LogP contribution in [0, 0.1) is 0 Å². The molecule has 2 heterocycles. The van der Waals surface area contributed by atoms with Crippen molar-refractivity contribution in [1.29, 1.82) is 0 Å². The molecule has 0 unspecified atom stereocenters. The predicted molar refractivity (Wildman–Crippen MR) is 63.2 cm³/mol. The Bertz CT molecular complexity index is 285. The Morgan fingerprint density at radius 1 is 1.43 bits per heavy atom. The number of nitrogens with zero attached hydrogens (tertiary/aromatic N) is 3. The van der Waals surface area contributed by atoms with Gasteiger partial charge in [-0.05, 0) is 35.3 Å². The molecule has 14 heavy (non-hydrogen) atoms. The predicted octanol–water partition coefficient (Wildman–Crippen LogP) is 1.85. The lowest BCUT2D eigenvalue weighted by Crippen LogP contribution is -2.16. The summed E-state index contributed by atoms with van der Waals surface area (Å²) in [5, 5.41) is 11.4. The summed E-state index contributed by atoms with van der Waals surface area (Å²) in [4.78, 5) is 0. The van der Waals surface area contributed by atoms with Gasteiger partial charge in [-0.15, -0.1) is 35.0 Å². The average molecular weight is 304 g/mol.